The van der Waals surface area contributed by atoms with Crippen LogP contribution < -0.4 is 11.1 Å². The van der Waals surface area contributed by atoms with E-state index in [1.165, 1.54) is 12.1 Å². The Morgan fingerprint density at radius 1 is 1.35 bits per heavy atom. The van der Waals surface area contributed by atoms with Crippen LogP contribution in [-0.4, -0.2) is 36.2 Å². The summed E-state index contributed by atoms with van der Waals surface area (Å²) < 4.78 is 4.68. The molecule has 1 aromatic carbocycles. The Bertz CT molecular complexity index is 437. The minimum Gasteiger partial charge on any atom is -0.508 e. The van der Waals surface area contributed by atoms with Crippen molar-refractivity contribution in [1.82, 2.24) is 5.32 Å². The maximum atomic E-state index is 11.6. The van der Waals surface area contributed by atoms with E-state index >= 15 is 0 Å². The van der Waals surface area contributed by atoms with Gasteiger partial charge in [0.2, 0.25) is 5.91 Å². The number of benzene rings is 1. The highest BCUT2D eigenvalue weighted by molar-refractivity contribution is 8.93. The average Bonchev–Trinajstić information content (AvgIpc) is 2.39. The summed E-state index contributed by atoms with van der Waals surface area (Å²) in [6.45, 7) is 1.78. The van der Waals surface area contributed by atoms with Gasteiger partial charge in [-0.25, -0.2) is 0 Å². The van der Waals surface area contributed by atoms with Crippen LogP contribution in [0.3, 0.4) is 0 Å². The number of amides is 1. The standard InChI is InChI=1S/C13H18N2O4.BrH/c1-2-19-12(17)8-15-13(18)11(14)7-9-3-5-10(16)6-4-9;/h3-6,11,16H,2,7-8,14H2,1H3,(H,15,18);1H/t11-;/m0./s1. The molecule has 0 saturated heterocycles. The summed E-state index contributed by atoms with van der Waals surface area (Å²) in [5.41, 5.74) is 6.55. The second-order valence-corrected chi connectivity index (χ2v) is 4.00. The van der Waals surface area contributed by atoms with Gasteiger partial charge in [0.15, 0.2) is 0 Å². The third-order valence-corrected chi connectivity index (χ3v) is 2.44. The van der Waals surface area contributed by atoms with Gasteiger partial charge in [0.1, 0.15) is 12.3 Å². The zero-order valence-electron chi connectivity index (χ0n) is 11.2. The molecule has 0 fully saturated rings. The summed E-state index contributed by atoms with van der Waals surface area (Å²) in [6, 6.07) is 5.68. The highest BCUT2D eigenvalue weighted by atomic mass is 79.9. The zero-order valence-corrected chi connectivity index (χ0v) is 12.9. The fourth-order valence-corrected chi connectivity index (χ4v) is 1.48. The van der Waals surface area contributed by atoms with Crippen LogP contribution in [0.15, 0.2) is 24.3 Å². The third-order valence-electron chi connectivity index (χ3n) is 2.44. The Kier molecular flexibility index (Phi) is 8.58. The molecule has 112 valence electrons. The number of hydrogen-bond acceptors (Lipinski definition) is 5. The summed E-state index contributed by atoms with van der Waals surface area (Å²) in [4.78, 5) is 22.7. The second-order valence-electron chi connectivity index (χ2n) is 4.00. The molecule has 6 nitrogen and oxygen atoms in total. The van der Waals surface area contributed by atoms with Crippen LogP contribution in [0.1, 0.15) is 12.5 Å². The lowest BCUT2D eigenvalue weighted by atomic mass is 10.1. The molecule has 1 aromatic rings. The molecule has 0 aromatic heterocycles. The number of aromatic hydroxyl groups is 1. The minimum atomic E-state index is -0.751. The van der Waals surface area contributed by atoms with E-state index < -0.39 is 17.9 Å². The van der Waals surface area contributed by atoms with E-state index in [9.17, 15) is 9.59 Å². The maximum Gasteiger partial charge on any atom is 0.325 e. The number of nitrogens with one attached hydrogen (secondary N) is 1. The van der Waals surface area contributed by atoms with E-state index in [-0.39, 0.29) is 35.9 Å². The summed E-state index contributed by atoms with van der Waals surface area (Å²) in [5, 5.41) is 11.5. The normalized spacial score (nSPS) is 11.1. The van der Waals surface area contributed by atoms with Crippen molar-refractivity contribution in [2.45, 2.75) is 19.4 Å². The summed E-state index contributed by atoms with van der Waals surface area (Å²) in [6.07, 6.45) is 0.328. The van der Waals surface area contributed by atoms with E-state index in [4.69, 9.17) is 10.8 Å². The molecule has 0 radical (unpaired) electrons. The van der Waals surface area contributed by atoms with Crippen molar-refractivity contribution in [1.29, 1.82) is 0 Å². The largest absolute Gasteiger partial charge is 0.508 e. The molecular formula is C13H19BrN2O4. The lowest BCUT2D eigenvalue weighted by Crippen LogP contribution is -2.44. The minimum absolute atomic E-state index is 0. The summed E-state index contributed by atoms with van der Waals surface area (Å²) in [7, 11) is 0. The van der Waals surface area contributed by atoms with Crippen LogP contribution in [0.5, 0.6) is 5.75 Å². The number of rotatable bonds is 6. The SMILES string of the molecule is Br.CCOC(=O)CNC(=O)[C@@H](N)Cc1ccc(O)cc1. The molecule has 0 heterocycles. The molecule has 0 spiro atoms. The van der Waals surface area contributed by atoms with Gasteiger partial charge in [-0.15, -0.1) is 17.0 Å². The second kappa shape index (κ2) is 9.33. The van der Waals surface area contributed by atoms with Crippen molar-refractivity contribution in [2.24, 2.45) is 5.73 Å². The predicted octanol–water partition coefficient (Wildman–Crippen LogP) is 0.519. The first-order valence-corrected chi connectivity index (χ1v) is 5.99. The Morgan fingerprint density at radius 3 is 2.50 bits per heavy atom. The van der Waals surface area contributed by atoms with E-state index in [0.717, 1.165) is 5.56 Å². The van der Waals surface area contributed by atoms with Gasteiger partial charge in [0.05, 0.1) is 12.6 Å². The Morgan fingerprint density at radius 2 is 1.95 bits per heavy atom. The lowest BCUT2D eigenvalue weighted by Gasteiger charge is -2.12. The number of phenolic OH excluding ortho intramolecular Hbond substituents is 1. The fourth-order valence-electron chi connectivity index (χ4n) is 1.48. The molecule has 1 amide bonds. The van der Waals surface area contributed by atoms with Crippen molar-refractivity contribution in [3.63, 3.8) is 0 Å². The van der Waals surface area contributed by atoms with Crippen LogP contribution in [-0.2, 0) is 20.7 Å². The number of nitrogens with two attached hydrogens (primary N) is 1. The molecule has 0 aliphatic heterocycles. The van der Waals surface area contributed by atoms with Crippen molar-refractivity contribution in [2.75, 3.05) is 13.2 Å². The Hall–Kier alpha value is -1.60. The smallest absolute Gasteiger partial charge is 0.325 e. The lowest BCUT2D eigenvalue weighted by molar-refractivity contribution is -0.143. The molecule has 0 aliphatic rings. The highest BCUT2D eigenvalue weighted by Gasteiger charge is 2.15. The van der Waals surface area contributed by atoms with Crippen LogP contribution in [0, 0.1) is 0 Å². The monoisotopic (exact) mass is 346 g/mol. The van der Waals surface area contributed by atoms with E-state index in [2.05, 4.69) is 10.1 Å². The van der Waals surface area contributed by atoms with Crippen molar-refractivity contribution in [3.8, 4) is 5.75 Å². The molecule has 0 bridgehead atoms. The first-order chi connectivity index (χ1) is 9.02. The van der Waals surface area contributed by atoms with Crippen LogP contribution >= 0.6 is 17.0 Å². The number of hydrogen-bond donors (Lipinski definition) is 3. The number of halogens is 1. The van der Waals surface area contributed by atoms with Crippen molar-refractivity contribution in [3.05, 3.63) is 29.8 Å². The van der Waals surface area contributed by atoms with E-state index in [1.807, 2.05) is 0 Å². The quantitative estimate of drug-likeness (QED) is 0.651. The third kappa shape index (κ3) is 6.53. The predicted molar refractivity (Wildman–Crippen MR) is 79.8 cm³/mol. The number of phenols is 1. The molecule has 0 saturated carbocycles. The number of esters is 1. The Balaban J connectivity index is 0.00000361. The molecule has 1 rings (SSSR count). The number of carbonyl (C=O) groups is 2. The first kappa shape index (κ1) is 18.4. The molecule has 7 heteroatoms. The highest BCUT2D eigenvalue weighted by Crippen LogP contribution is 2.10. The summed E-state index contributed by atoms with van der Waals surface area (Å²) in [5.74, 6) is -0.752. The Labute approximate surface area is 128 Å². The van der Waals surface area contributed by atoms with Crippen molar-refractivity contribution >= 4 is 28.9 Å². The molecular weight excluding hydrogens is 328 g/mol. The molecule has 0 unspecified atom stereocenters. The average molecular weight is 347 g/mol. The van der Waals surface area contributed by atoms with Gasteiger partial charge < -0.3 is 20.9 Å². The van der Waals surface area contributed by atoms with Crippen LogP contribution in [0.25, 0.3) is 0 Å². The van der Waals surface area contributed by atoms with Crippen molar-refractivity contribution < 1.29 is 19.4 Å². The fraction of sp³-hybridized carbons (Fsp3) is 0.385. The molecule has 20 heavy (non-hydrogen) atoms. The molecule has 4 N–H and O–H groups in total. The van der Waals surface area contributed by atoms with Gasteiger partial charge in [-0.2, -0.15) is 0 Å². The van der Waals surface area contributed by atoms with Gasteiger partial charge in [-0.05, 0) is 31.0 Å². The van der Waals surface area contributed by atoms with Gasteiger partial charge >= 0.3 is 5.97 Å². The number of ether oxygens (including phenoxy) is 1. The van der Waals surface area contributed by atoms with Gasteiger partial charge in [0, 0.05) is 0 Å². The summed E-state index contributed by atoms with van der Waals surface area (Å²) >= 11 is 0. The zero-order chi connectivity index (χ0) is 14.3. The van der Waals surface area contributed by atoms with E-state index in [0.29, 0.717) is 6.42 Å². The van der Waals surface area contributed by atoms with Crippen LogP contribution in [0.2, 0.25) is 0 Å². The van der Waals surface area contributed by atoms with Gasteiger partial charge in [-0.1, -0.05) is 12.1 Å². The first-order valence-electron chi connectivity index (χ1n) is 5.99. The van der Waals surface area contributed by atoms with Crippen LogP contribution in [0.4, 0.5) is 0 Å². The van der Waals surface area contributed by atoms with Gasteiger partial charge in [-0.3, -0.25) is 9.59 Å². The molecule has 1 atom stereocenters. The van der Waals surface area contributed by atoms with E-state index in [1.54, 1.807) is 19.1 Å². The van der Waals surface area contributed by atoms with Gasteiger partial charge in [0.25, 0.3) is 0 Å². The number of carbonyl (C=O) groups excluding carboxylic acids is 2. The molecule has 0 aliphatic carbocycles. The topological polar surface area (TPSA) is 102 Å². The maximum absolute atomic E-state index is 11.6.